The molecule has 1 atom stereocenters. The van der Waals surface area contributed by atoms with Crippen LogP contribution in [0.15, 0.2) is 24.3 Å². The Morgan fingerprint density at radius 1 is 1.30 bits per heavy atom. The first kappa shape index (κ1) is 16.1. The fraction of sp³-hybridized carbons (Fsp3) is 0.611. The zero-order valence-electron chi connectivity index (χ0n) is 14.2. The maximum absolute atomic E-state index is 12.9. The number of ether oxygens (including phenoxy) is 1. The summed E-state index contributed by atoms with van der Waals surface area (Å²) in [6.07, 6.45) is 2.95. The van der Waals surface area contributed by atoms with E-state index in [1.54, 1.807) is 7.11 Å². The molecule has 1 N–H and O–H groups in total. The Labute approximate surface area is 138 Å². The molecule has 1 aromatic carbocycles. The van der Waals surface area contributed by atoms with Gasteiger partial charge in [-0.1, -0.05) is 13.0 Å². The fourth-order valence-electron chi connectivity index (χ4n) is 3.72. The Balaban J connectivity index is 1.63. The van der Waals surface area contributed by atoms with Crippen LogP contribution in [0.25, 0.3) is 0 Å². The minimum atomic E-state index is -0.307. The van der Waals surface area contributed by atoms with Crippen molar-refractivity contribution in [1.29, 1.82) is 0 Å². The lowest BCUT2D eigenvalue weighted by molar-refractivity contribution is -0.138. The number of nitrogens with zero attached hydrogens (tertiary/aromatic N) is 2. The number of amides is 1. The topological polar surface area (TPSA) is 44.8 Å². The lowest BCUT2D eigenvalue weighted by Gasteiger charge is -2.40. The SMILES string of the molecule is CCC1(C(=O)N2CCN(c3cccc(OC)c3)CC2)CCCN1. The number of hydrogen-bond donors (Lipinski definition) is 1. The van der Waals surface area contributed by atoms with Gasteiger partial charge in [-0.2, -0.15) is 0 Å². The monoisotopic (exact) mass is 317 g/mol. The summed E-state index contributed by atoms with van der Waals surface area (Å²) in [7, 11) is 1.69. The highest BCUT2D eigenvalue weighted by atomic mass is 16.5. The van der Waals surface area contributed by atoms with Crippen LogP contribution in [0.2, 0.25) is 0 Å². The molecule has 1 unspecified atom stereocenters. The van der Waals surface area contributed by atoms with Crippen LogP contribution in [0.3, 0.4) is 0 Å². The van der Waals surface area contributed by atoms with E-state index in [0.29, 0.717) is 5.91 Å². The van der Waals surface area contributed by atoms with Gasteiger partial charge in [-0.15, -0.1) is 0 Å². The molecule has 126 valence electrons. The second-order valence-corrected chi connectivity index (χ2v) is 6.45. The summed E-state index contributed by atoms with van der Waals surface area (Å²) in [6, 6.07) is 8.13. The molecule has 23 heavy (non-hydrogen) atoms. The normalized spacial score (nSPS) is 24.8. The van der Waals surface area contributed by atoms with Gasteiger partial charge in [-0.25, -0.2) is 0 Å². The number of piperazine rings is 1. The van der Waals surface area contributed by atoms with Crippen LogP contribution in [0.5, 0.6) is 5.75 Å². The van der Waals surface area contributed by atoms with E-state index in [0.717, 1.165) is 57.7 Å². The van der Waals surface area contributed by atoms with E-state index in [-0.39, 0.29) is 5.54 Å². The van der Waals surface area contributed by atoms with E-state index in [9.17, 15) is 4.79 Å². The Bertz CT molecular complexity index is 547. The third-order valence-corrected chi connectivity index (χ3v) is 5.24. The van der Waals surface area contributed by atoms with Crippen LogP contribution in [-0.2, 0) is 4.79 Å². The first-order chi connectivity index (χ1) is 11.2. The van der Waals surface area contributed by atoms with Gasteiger partial charge in [-0.05, 0) is 37.9 Å². The molecule has 0 spiro atoms. The first-order valence-corrected chi connectivity index (χ1v) is 8.62. The van der Waals surface area contributed by atoms with E-state index in [4.69, 9.17) is 4.74 Å². The van der Waals surface area contributed by atoms with Crippen molar-refractivity contribution in [1.82, 2.24) is 10.2 Å². The van der Waals surface area contributed by atoms with Gasteiger partial charge in [0.05, 0.1) is 12.6 Å². The molecule has 1 aromatic rings. The van der Waals surface area contributed by atoms with Crippen LogP contribution in [0.4, 0.5) is 5.69 Å². The lowest BCUT2D eigenvalue weighted by Crippen LogP contribution is -2.59. The van der Waals surface area contributed by atoms with Crippen molar-refractivity contribution in [2.45, 2.75) is 31.7 Å². The maximum Gasteiger partial charge on any atom is 0.242 e. The highest BCUT2D eigenvalue weighted by Crippen LogP contribution is 2.27. The fourth-order valence-corrected chi connectivity index (χ4v) is 3.72. The molecule has 0 bridgehead atoms. The quantitative estimate of drug-likeness (QED) is 0.921. The van der Waals surface area contributed by atoms with E-state index in [1.807, 2.05) is 17.0 Å². The number of benzene rings is 1. The van der Waals surface area contributed by atoms with Gasteiger partial charge in [0.1, 0.15) is 5.75 Å². The number of hydrogen-bond acceptors (Lipinski definition) is 4. The molecule has 0 aromatic heterocycles. The highest BCUT2D eigenvalue weighted by Gasteiger charge is 2.42. The van der Waals surface area contributed by atoms with E-state index >= 15 is 0 Å². The third kappa shape index (κ3) is 3.15. The average Bonchev–Trinajstić information content (AvgIpc) is 3.11. The van der Waals surface area contributed by atoms with Crippen LogP contribution in [0, 0.1) is 0 Å². The molecule has 5 heteroatoms. The van der Waals surface area contributed by atoms with Crippen molar-refractivity contribution in [2.24, 2.45) is 0 Å². The molecule has 3 rings (SSSR count). The lowest BCUT2D eigenvalue weighted by atomic mass is 9.92. The summed E-state index contributed by atoms with van der Waals surface area (Å²) in [5, 5.41) is 3.45. The predicted molar refractivity (Wildman–Crippen MR) is 92.0 cm³/mol. The third-order valence-electron chi connectivity index (χ3n) is 5.24. The summed E-state index contributed by atoms with van der Waals surface area (Å²) in [5.74, 6) is 1.17. The van der Waals surface area contributed by atoms with E-state index < -0.39 is 0 Å². The summed E-state index contributed by atoms with van der Waals surface area (Å²) in [5.41, 5.74) is 0.860. The van der Waals surface area contributed by atoms with Crippen molar-refractivity contribution >= 4 is 11.6 Å². The van der Waals surface area contributed by atoms with Gasteiger partial charge in [0, 0.05) is 37.9 Å². The van der Waals surface area contributed by atoms with E-state index in [1.165, 1.54) is 5.69 Å². The van der Waals surface area contributed by atoms with Gasteiger partial charge in [0.15, 0.2) is 0 Å². The van der Waals surface area contributed by atoms with Gasteiger partial charge in [0.2, 0.25) is 5.91 Å². The molecule has 1 amide bonds. The van der Waals surface area contributed by atoms with Gasteiger partial charge in [0.25, 0.3) is 0 Å². The molecule has 0 radical (unpaired) electrons. The van der Waals surface area contributed by atoms with Gasteiger partial charge >= 0.3 is 0 Å². The predicted octanol–water partition coefficient (Wildman–Crippen LogP) is 1.88. The molecular weight excluding hydrogens is 290 g/mol. The Morgan fingerprint density at radius 3 is 2.70 bits per heavy atom. The Hall–Kier alpha value is -1.75. The maximum atomic E-state index is 12.9. The zero-order valence-corrected chi connectivity index (χ0v) is 14.2. The number of methoxy groups -OCH3 is 1. The van der Waals surface area contributed by atoms with Crippen LogP contribution < -0.4 is 15.0 Å². The summed E-state index contributed by atoms with van der Waals surface area (Å²) in [6.45, 7) is 6.41. The summed E-state index contributed by atoms with van der Waals surface area (Å²) >= 11 is 0. The van der Waals surface area contributed by atoms with Crippen molar-refractivity contribution in [2.75, 3.05) is 44.7 Å². The minimum Gasteiger partial charge on any atom is -0.497 e. The molecular formula is C18H27N3O2. The van der Waals surface area contributed by atoms with Crippen LogP contribution >= 0.6 is 0 Å². The second-order valence-electron chi connectivity index (χ2n) is 6.45. The number of rotatable bonds is 4. The van der Waals surface area contributed by atoms with Crippen molar-refractivity contribution in [3.8, 4) is 5.75 Å². The smallest absolute Gasteiger partial charge is 0.242 e. The summed E-state index contributed by atoms with van der Waals surface area (Å²) < 4.78 is 5.30. The number of carbonyl (C=O) groups is 1. The number of carbonyl (C=O) groups excluding carboxylic acids is 1. The van der Waals surface area contributed by atoms with E-state index in [2.05, 4.69) is 29.3 Å². The average molecular weight is 317 g/mol. The minimum absolute atomic E-state index is 0.294. The molecule has 0 aliphatic carbocycles. The zero-order chi connectivity index (χ0) is 16.3. The van der Waals surface area contributed by atoms with Gasteiger partial charge in [-0.3, -0.25) is 4.79 Å². The molecule has 2 heterocycles. The van der Waals surface area contributed by atoms with Crippen molar-refractivity contribution < 1.29 is 9.53 Å². The molecule has 0 saturated carbocycles. The molecule has 5 nitrogen and oxygen atoms in total. The molecule has 2 fully saturated rings. The van der Waals surface area contributed by atoms with Crippen molar-refractivity contribution in [3.05, 3.63) is 24.3 Å². The number of anilines is 1. The number of nitrogens with one attached hydrogen (secondary N) is 1. The molecule has 2 aliphatic heterocycles. The van der Waals surface area contributed by atoms with Crippen LogP contribution in [0.1, 0.15) is 26.2 Å². The first-order valence-electron chi connectivity index (χ1n) is 8.62. The van der Waals surface area contributed by atoms with Gasteiger partial charge < -0.3 is 19.9 Å². The Morgan fingerprint density at radius 2 is 2.09 bits per heavy atom. The standard InChI is InChI=1S/C18H27N3O2/c1-3-18(8-5-9-19-18)17(22)21-12-10-20(11-13-21)15-6-4-7-16(14-15)23-2/h4,6-7,14,19H,3,5,8-13H2,1-2H3. The van der Waals surface area contributed by atoms with Crippen molar-refractivity contribution in [3.63, 3.8) is 0 Å². The molecule has 2 aliphatic rings. The summed E-state index contributed by atoms with van der Waals surface area (Å²) in [4.78, 5) is 17.3. The molecule has 2 saturated heterocycles. The highest BCUT2D eigenvalue weighted by molar-refractivity contribution is 5.87. The Kier molecular flexibility index (Phi) is 4.76. The second kappa shape index (κ2) is 6.79. The largest absolute Gasteiger partial charge is 0.497 e. The van der Waals surface area contributed by atoms with Crippen LogP contribution in [-0.4, -0.2) is 56.2 Å².